The first kappa shape index (κ1) is 27.8. The van der Waals surface area contributed by atoms with Crippen LogP contribution in [0.15, 0.2) is 36.4 Å². The number of aliphatic carboxylic acids is 1. The first-order valence-electron chi connectivity index (χ1n) is 13.2. The largest absolute Gasteiger partial charge is 0.481 e. The lowest BCUT2D eigenvalue weighted by molar-refractivity contribution is -0.143. The highest BCUT2D eigenvalue weighted by molar-refractivity contribution is 5.97. The molecule has 1 atom stereocenters. The molecule has 2 fully saturated rings. The molecule has 2 aliphatic rings. The number of rotatable bonds is 9. The Morgan fingerprint density at radius 3 is 2.33 bits per heavy atom. The minimum atomic E-state index is -1.32. The Hall–Kier alpha value is -4.22. The van der Waals surface area contributed by atoms with Crippen LogP contribution < -0.4 is 10.1 Å². The van der Waals surface area contributed by atoms with Crippen LogP contribution in [0.4, 0.5) is 4.79 Å². The monoisotopic (exact) mass is 539 g/mol. The molecule has 1 unspecified atom stereocenters. The van der Waals surface area contributed by atoms with E-state index in [2.05, 4.69) is 15.3 Å². The summed E-state index contributed by atoms with van der Waals surface area (Å²) in [5.41, 5.74) is 0.647. The smallest absolute Gasteiger partial charge is 0.409 e. The van der Waals surface area contributed by atoms with Crippen LogP contribution >= 0.6 is 0 Å². The Kier molecular flexibility index (Phi) is 9.29. The van der Waals surface area contributed by atoms with E-state index in [0.717, 1.165) is 25.7 Å². The topological polar surface area (TPSA) is 151 Å². The van der Waals surface area contributed by atoms with Gasteiger partial charge in [0.1, 0.15) is 17.8 Å². The number of carbonyl (C=O) groups excluding carboxylic acids is 3. The Bertz CT molecular complexity index is 1180. The maximum absolute atomic E-state index is 13.3. The van der Waals surface area contributed by atoms with Crippen LogP contribution in [0.2, 0.25) is 0 Å². The van der Waals surface area contributed by atoms with E-state index in [1.54, 1.807) is 6.92 Å². The molecule has 1 saturated heterocycles. The standard InChI is InChI=1S/C27H33N5O7/c1-2-38-27(37)32-14-12-31(13-15-32)26(36)21(17-23(33)34)29-25(35)20-16-22(39-19-10-6-7-11-19)30-24(28-20)18-8-4-3-5-9-18/h3-5,8-9,16,19,21H,2,6-7,10-15,17H2,1H3,(H,29,35)(H,33,34). The summed E-state index contributed by atoms with van der Waals surface area (Å²) in [6, 6.07) is 9.22. The lowest BCUT2D eigenvalue weighted by atomic mass is 10.1. The summed E-state index contributed by atoms with van der Waals surface area (Å²) in [6.07, 6.45) is 2.83. The fraction of sp³-hybridized carbons (Fsp3) is 0.481. The zero-order valence-corrected chi connectivity index (χ0v) is 21.9. The van der Waals surface area contributed by atoms with Crippen molar-refractivity contribution >= 4 is 23.9 Å². The van der Waals surface area contributed by atoms with Crippen molar-refractivity contribution in [3.05, 3.63) is 42.1 Å². The number of nitrogens with one attached hydrogen (secondary N) is 1. The maximum Gasteiger partial charge on any atom is 0.409 e. The summed E-state index contributed by atoms with van der Waals surface area (Å²) < 4.78 is 11.0. The molecule has 1 aromatic heterocycles. The number of carboxylic acids is 1. The first-order valence-corrected chi connectivity index (χ1v) is 13.2. The predicted molar refractivity (Wildman–Crippen MR) is 139 cm³/mol. The van der Waals surface area contributed by atoms with Crippen LogP contribution in [0.1, 0.15) is 49.5 Å². The molecule has 2 aromatic rings. The van der Waals surface area contributed by atoms with Crippen molar-refractivity contribution in [2.45, 2.75) is 51.2 Å². The SMILES string of the molecule is CCOC(=O)N1CCN(C(=O)C(CC(=O)O)NC(=O)c2cc(OC3CCCC3)nc(-c3ccccc3)n2)CC1. The number of carbonyl (C=O) groups is 4. The first-order chi connectivity index (χ1) is 18.8. The van der Waals surface area contributed by atoms with Gasteiger partial charge in [-0.15, -0.1) is 0 Å². The summed E-state index contributed by atoms with van der Waals surface area (Å²) in [6.45, 7) is 2.82. The Morgan fingerprint density at radius 1 is 1.03 bits per heavy atom. The third-order valence-electron chi connectivity index (χ3n) is 6.66. The lowest BCUT2D eigenvalue weighted by Gasteiger charge is -2.35. The summed E-state index contributed by atoms with van der Waals surface area (Å²) in [4.78, 5) is 61.9. The van der Waals surface area contributed by atoms with E-state index in [9.17, 15) is 24.3 Å². The van der Waals surface area contributed by atoms with E-state index in [1.807, 2.05) is 30.3 Å². The highest BCUT2D eigenvalue weighted by atomic mass is 16.6. The number of carboxylic acid groups (broad SMARTS) is 1. The molecule has 39 heavy (non-hydrogen) atoms. The fourth-order valence-corrected chi connectivity index (χ4v) is 4.65. The number of ether oxygens (including phenoxy) is 2. The molecule has 2 heterocycles. The average Bonchev–Trinajstić information content (AvgIpc) is 3.45. The van der Waals surface area contributed by atoms with Crippen LogP contribution in [0, 0.1) is 0 Å². The third kappa shape index (κ3) is 7.43. The van der Waals surface area contributed by atoms with E-state index in [4.69, 9.17) is 9.47 Å². The number of aromatic nitrogens is 2. The van der Waals surface area contributed by atoms with E-state index in [0.29, 0.717) is 5.56 Å². The number of nitrogens with zero attached hydrogens (tertiary/aromatic N) is 4. The lowest BCUT2D eigenvalue weighted by Crippen LogP contribution is -2.56. The zero-order chi connectivity index (χ0) is 27.8. The normalized spacial score (nSPS) is 16.4. The van der Waals surface area contributed by atoms with Crippen molar-refractivity contribution in [3.63, 3.8) is 0 Å². The molecule has 1 aliphatic heterocycles. The van der Waals surface area contributed by atoms with Crippen molar-refractivity contribution < 1.29 is 33.8 Å². The van der Waals surface area contributed by atoms with Gasteiger partial charge in [0.25, 0.3) is 5.91 Å². The van der Waals surface area contributed by atoms with E-state index < -0.39 is 36.3 Å². The highest BCUT2D eigenvalue weighted by Crippen LogP contribution is 2.25. The van der Waals surface area contributed by atoms with Gasteiger partial charge in [0, 0.05) is 37.8 Å². The van der Waals surface area contributed by atoms with Gasteiger partial charge in [-0.3, -0.25) is 14.4 Å². The summed E-state index contributed by atoms with van der Waals surface area (Å²) in [5.74, 6) is -1.97. The molecule has 1 saturated carbocycles. The van der Waals surface area contributed by atoms with Crippen LogP contribution in [-0.2, 0) is 14.3 Å². The van der Waals surface area contributed by atoms with Crippen LogP contribution in [0.5, 0.6) is 5.88 Å². The average molecular weight is 540 g/mol. The summed E-state index contributed by atoms with van der Waals surface area (Å²) in [5, 5.41) is 12.0. The number of hydrogen-bond donors (Lipinski definition) is 2. The summed E-state index contributed by atoms with van der Waals surface area (Å²) >= 11 is 0. The number of amides is 3. The fourth-order valence-electron chi connectivity index (χ4n) is 4.65. The second-order valence-corrected chi connectivity index (χ2v) is 9.44. The van der Waals surface area contributed by atoms with Gasteiger partial charge in [-0.1, -0.05) is 30.3 Å². The van der Waals surface area contributed by atoms with Crippen molar-refractivity contribution in [1.29, 1.82) is 0 Å². The molecule has 0 spiro atoms. The zero-order valence-electron chi connectivity index (χ0n) is 21.9. The second-order valence-electron chi connectivity index (χ2n) is 9.44. The number of benzene rings is 1. The van der Waals surface area contributed by atoms with Gasteiger partial charge >= 0.3 is 12.1 Å². The van der Waals surface area contributed by atoms with Gasteiger partial charge in [0.2, 0.25) is 11.8 Å². The van der Waals surface area contributed by atoms with Crippen LogP contribution in [-0.4, -0.2) is 93.7 Å². The van der Waals surface area contributed by atoms with E-state index in [-0.39, 0.29) is 56.3 Å². The molecule has 1 aromatic carbocycles. The molecule has 12 heteroatoms. The number of hydrogen-bond acceptors (Lipinski definition) is 8. The molecule has 208 valence electrons. The maximum atomic E-state index is 13.3. The van der Waals surface area contributed by atoms with Gasteiger partial charge in [-0.25, -0.2) is 9.78 Å². The molecular formula is C27H33N5O7. The van der Waals surface area contributed by atoms with Gasteiger partial charge < -0.3 is 29.7 Å². The Balaban J connectivity index is 1.51. The quantitative estimate of drug-likeness (QED) is 0.489. The van der Waals surface area contributed by atoms with Gasteiger partial charge in [0.15, 0.2) is 5.82 Å². The van der Waals surface area contributed by atoms with Crippen molar-refractivity contribution in [1.82, 2.24) is 25.1 Å². The molecule has 3 amide bonds. The second kappa shape index (κ2) is 13.0. The Morgan fingerprint density at radius 2 is 1.69 bits per heavy atom. The summed E-state index contributed by atoms with van der Waals surface area (Å²) in [7, 11) is 0. The number of piperazine rings is 1. The van der Waals surface area contributed by atoms with E-state index in [1.165, 1.54) is 15.9 Å². The van der Waals surface area contributed by atoms with Gasteiger partial charge in [-0.05, 0) is 32.6 Å². The molecule has 0 radical (unpaired) electrons. The van der Waals surface area contributed by atoms with Gasteiger partial charge in [-0.2, -0.15) is 4.98 Å². The van der Waals surface area contributed by atoms with Crippen molar-refractivity contribution in [2.24, 2.45) is 0 Å². The molecular weight excluding hydrogens is 506 g/mol. The minimum absolute atomic E-state index is 0.00551. The predicted octanol–water partition coefficient (Wildman–Crippen LogP) is 2.34. The van der Waals surface area contributed by atoms with E-state index >= 15 is 0 Å². The molecule has 2 N–H and O–H groups in total. The minimum Gasteiger partial charge on any atom is -0.481 e. The van der Waals surface area contributed by atoms with Crippen molar-refractivity contribution in [3.8, 4) is 17.3 Å². The molecule has 0 bridgehead atoms. The highest BCUT2D eigenvalue weighted by Gasteiger charge is 2.32. The third-order valence-corrected chi connectivity index (χ3v) is 6.66. The van der Waals surface area contributed by atoms with Crippen LogP contribution in [0.25, 0.3) is 11.4 Å². The Labute approximate surface area is 226 Å². The molecule has 12 nitrogen and oxygen atoms in total. The van der Waals surface area contributed by atoms with Crippen LogP contribution in [0.3, 0.4) is 0 Å². The van der Waals surface area contributed by atoms with Crippen molar-refractivity contribution in [2.75, 3.05) is 32.8 Å². The molecule has 1 aliphatic carbocycles. The van der Waals surface area contributed by atoms with Gasteiger partial charge in [0.05, 0.1) is 13.0 Å². The molecule has 4 rings (SSSR count).